The first-order valence-corrected chi connectivity index (χ1v) is 11.3. The third-order valence-corrected chi connectivity index (χ3v) is 5.29. The maximum atomic E-state index is 12.7. The highest BCUT2D eigenvalue weighted by atomic mass is 32.1. The average Bonchev–Trinajstić information content (AvgIpc) is 2.78. The van der Waals surface area contributed by atoms with Crippen LogP contribution in [0.3, 0.4) is 0 Å². The van der Waals surface area contributed by atoms with Gasteiger partial charge in [-0.2, -0.15) is 25.3 Å². The van der Waals surface area contributed by atoms with Crippen molar-refractivity contribution in [1.82, 2.24) is 16.0 Å². The summed E-state index contributed by atoms with van der Waals surface area (Å²) >= 11 is 7.94. The second-order valence-corrected chi connectivity index (χ2v) is 7.92. The minimum absolute atomic E-state index is 0.103. The number of amides is 4. The summed E-state index contributed by atoms with van der Waals surface area (Å²) in [4.78, 5) is 60.0. The van der Waals surface area contributed by atoms with E-state index in [1.807, 2.05) is 30.3 Å². The predicted molar refractivity (Wildman–Crippen MR) is 128 cm³/mol. The standard InChI is InChI=1S/C20H29N5O6S2/c21-12(8-11-4-2-1-3-5-11)17(27)24-14(9-32)19(29)23-13(6-7-16(22)26)18(28)25-15(10-33)20(30)31/h1-5,12-15,32-33H,6-10,21H2,(H2,22,26)(H,23,29)(H,24,27)(H,25,28)(H,30,31). The molecule has 0 aromatic heterocycles. The van der Waals surface area contributed by atoms with Gasteiger partial charge in [0.2, 0.25) is 23.6 Å². The summed E-state index contributed by atoms with van der Waals surface area (Å²) in [6.07, 6.45) is -0.166. The Balaban J connectivity index is 2.82. The number of benzene rings is 1. The van der Waals surface area contributed by atoms with E-state index in [1.54, 1.807) is 0 Å². The van der Waals surface area contributed by atoms with Crippen LogP contribution in [0.25, 0.3) is 0 Å². The molecule has 11 nitrogen and oxygen atoms in total. The molecule has 182 valence electrons. The van der Waals surface area contributed by atoms with E-state index < -0.39 is 53.8 Å². The van der Waals surface area contributed by atoms with Crippen LogP contribution in [0.4, 0.5) is 0 Å². The fraction of sp³-hybridized carbons (Fsp3) is 0.450. The summed E-state index contributed by atoms with van der Waals surface area (Å²) in [5.74, 6) is -4.50. The third-order valence-electron chi connectivity index (χ3n) is 4.56. The first kappa shape index (κ1) is 28.3. The van der Waals surface area contributed by atoms with E-state index in [2.05, 4.69) is 41.2 Å². The summed E-state index contributed by atoms with van der Waals surface area (Å²) in [5.41, 5.74) is 11.9. The highest BCUT2D eigenvalue weighted by molar-refractivity contribution is 7.80. The number of primary amides is 1. The van der Waals surface area contributed by atoms with E-state index in [4.69, 9.17) is 16.6 Å². The van der Waals surface area contributed by atoms with Crippen molar-refractivity contribution in [1.29, 1.82) is 0 Å². The average molecular weight is 500 g/mol. The number of aliphatic carboxylic acids is 1. The summed E-state index contributed by atoms with van der Waals surface area (Å²) in [6.45, 7) is 0. The number of hydrogen-bond donors (Lipinski definition) is 8. The molecule has 0 saturated carbocycles. The van der Waals surface area contributed by atoms with Gasteiger partial charge in [0.1, 0.15) is 18.1 Å². The van der Waals surface area contributed by atoms with Gasteiger partial charge >= 0.3 is 5.97 Å². The number of nitrogens with two attached hydrogens (primary N) is 2. The molecule has 0 aliphatic carbocycles. The van der Waals surface area contributed by atoms with Crippen molar-refractivity contribution in [2.75, 3.05) is 11.5 Å². The van der Waals surface area contributed by atoms with E-state index in [0.29, 0.717) is 0 Å². The number of carbonyl (C=O) groups excluding carboxylic acids is 4. The normalized spacial score (nSPS) is 14.3. The molecule has 0 bridgehead atoms. The topological polar surface area (TPSA) is 194 Å². The molecule has 0 spiro atoms. The number of carboxylic acid groups (broad SMARTS) is 1. The minimum Gasteiger partial charge on any atom is -0.480 e. The fourth-order valence-electron chi connectivity index (χ4n) is 2.72. The van der Waals surface area contributed by atoms with Crippen LogP contribution in [-0.4, -0.2) is 70.4 Å². The summed E-state index contributed by atoms with van der Waals surface area (Å²) < 4.78 is 0. The van der Waals surface area contributed by atoms with Crippen molar-refractivity contribution < 1.29 is 29.1 Å². The molecule has 0 saturated heterocycles. The third kappa shape index (κ3) is 10.1. The van der Waals surface area contributed by atoms with Gasteiger partial charge in [-0.05, 0) is 18.4 Å². The van der Waals surface area contributed by atoms with E-state index in [-0.39, 0.29) is 30.8 Å². The van der Waals surface area contributed by atoms with Gasteiger partial charge in [-0.15, -0.1) is 0 Å². The van der Waals surface area contributed by atoms with Gasteiger partial charge in [0.05, 0.1) is 6.04 Å². The van der Waals surface area contributed by atoms with Crippen LogP contribution in [0.2, 0.25) is 0 Å². The van der Waals surface area contributed by atoms with Crippen LogP contribution in [0.15, 0.2) is 30.3 Å². The van der Waals surface area contributed by atoms with Crippen molar-refractivity contribution in [2.45, 2.75) is 43.4 Å². The second-order valence-electron chi connectivity index (χ2n) is 7.19. The zero-order valence-electron chi connectivity index (χ0n) is 17.8. The maximum absolute atomic E-state index is 12.7. The first-order valence-electron chi connectivity index (χ1n) is 10.0. The molecule has 8 N–H and O–H groups in total. The monoisotopic (exact) mass is 499 g/mol. The van der Waals surface area contributed by atoms with Gasteiger partial charge < -0.3 is 32.5 Å². The number of nitrogens with one attached hydrogen (secondary N) is 3. The molecule has 0 radical (unpaired) electrons. The molecule has 13 heteroatoms. The molecule has 33 heavy (non-hydrogen) atoms. The molecule has 0 aliphatic heterocycles. The van der Waals surface area contributed by atoms with E-state index >= 15 is 0 Å². The predicted octanol–water partition coefficient (Wildman–Crippen LogP) is -1.78. The summed E-state index contributed by atoms with van der Waals surface area (Å²) in [6, 6.07) is 4.44. The van der Waals surface area contributed by atoms with E-state index in [1.165, 1.54) is 0 Å². The van der Waals surface area contributed by atoms with Crippen LogP contribution >= 0.6 is 25.3 Å². The number of rotatable bonds is 14. The molecule has 4 amide bonds. The lowest BCUT2D eigenvalue weighted by Gasteiger charge is -2.24. The number of carboxylic acids is 1. The van der Waals surface area contributed by atoms with Crippen molar-refractivity contribution in [3.8, 4) is 0 Å². The Morgan fingerprint density at radius 1 is 0.848 bits per heavy atom. The minimum atomic E-state index is -1.31. The lowest BCUT2D eigenvalue weighted by Crippen LogP contribution is -2.58. The summed E-state index contributed by atoms with van der Waals surface area (Å²) in [7, 11) is 0. The van der Waals surface area contributed by atoms with Crippen LogP contribution in [0.1, 0.15) is 18.4 Å². The Morgan fingerprint density at radius 2 is 1.36 bits per heavy atom. The molecule has 1 aromatic rings. The van der Waals surface area contributed by atoms with Gasteiger partial charge in [0.25, 0.3) is 0 Å². The van der Waals surface area contributed by atoms with Gasteiger partial charge in [0.15, 0.2) is 0 Å². The summed E-state index contributed by atoms with van der Waals surface area (Å²) in [5, 5.41) is 16.2. The Bertz CT molecular complexity index is 841. The van der Waals surface area contributed by atoms with Crippen LogP contribution in [0.5, 0.6) is 0 Å². The number of thiol groups is 2. The van der Waals surface area contributed by atoms with Crippen LogP contribution in [-0.2, 0) is 30.4 Å². The van der Waals surface area contributed by atoms with Crippen LogP contribution < -0.4 is 27.4 Å². The molecular formula is C20H29N5O6S2. The number of carbonyl (C=O) groups is 5. The molecule has 0 fully saturated rings. The van der Waals surface area contributed by atoms with Gasteiger partial charge in [-0.1, -0.05) is 30.3 Å². The van der Waals surface area contributed by atoms with Crippen molar-refractivity contribution in [3.63, 3.8) is 0 Å². The Labute approximate surface area is 202 Å². The zero-order chi connectivity index (χ0) is 25.0. The lowest BCUT2D eigenvalue weighted by molar-refractivity contribution is -0.141. The van der Waals surface area contributed by atoms with Gasteiger partial charge in [-0.3, -0.25) is 19.2 Å². The number of hydrogen-bond acceptors (Lipinski definition) is 8. The quantitative estimate of drug-likeness (QED) is 0.139. The largest absolute Gasteiger partial charge is 0.480 e. The zero-order valence-corrected chi connectivity index (χ0v) is 19.6. The smallest absolute Gasteiger partial charge is 0.327 e. The lowest BCUT2D eigenvalue weighted by atomic mass is 10.1. The molecule has 1 rings (SSSR count). The fourth-order valence-corrected chi connectivity index (χ4v) is 3.22. The highest BCUT2D eigenvalue weighted by Gasteiger charge is 2.29. The molecule has 0 heterocycles. The molecule has 4 unspecified atom stereocenters. The van der Waals surface area contributed by atoms with Crippen molar-refractivity contribution in [2.24, 2.45) is 11.5 Å². The second kappa shape index (κ2) is 14.4. The van der Waals surface area contributed by atoms with Crippen molar-refractivity contribution in [3.05, 3.63) is 35.9 Å². The molecule has 0 aliphatic rings. The van der Waals surface area contributed by atoms with Gasteiger partial charge in [-0.25, -0.2) is 4.79 Å². The molecule has 1 aromatic carbocycles. The van der Waals surface area contributed by atoms with E-state index in [9.17, 15) is 24.0 Å². The SMILES string of the molecule is NC(=O)CCC(NC(=O)C(CS)NC(=O)C(N)Cc1ccccc1)C(=O)NC(CS)C(=O)O. The Morgan fingerprint density at radius 3 is 1.88 bits per heavy atom. The maximum Gasteiger partial charge on any atom is 0.327 e. The molecular weight excluding hydrogens is 470 g/mol. The Hall–Kier alpha value is -2.77. The van der Waals surface area contributed by atoms with Crippen LogP contribution in [0, 0.1) is 0 Å². The molecule has 4 atom stereocenters. The van der Waals surface area contributed by atoms with Gasteiger partial charge in [0, 0.05) is 17.9 Å². The first-order chi connectivity index (χ1) is 15.6. The Kier molecular flexibility index (Phi) is 12.3. The highest BCUT2D eigenvalue weighted by Crippen LogP contribution is 2.04. The van der Waals surface area contributed by atoms with E-state index in [0.717, 1.165) is 5.56 Å². The van der Waals surface area contributed by atoms with Crippen molar-refractivity contribution >= 4 is 54.9 Å².